The van der Waals surface area contributed by atoms with Crippen LogP contribution in [0.2, 0.25) is 10.0 Å². The largest absolute Gasteiger partial charge is 0.266 e. The number of hydrogen-bond acceptors (Lipinski definition) is 3. The Morgan fingerprint density at radius 3 is 2.27 bits per heavy atom. The third-order valence-electron chi connectivity index (χ3n) is 3.03. The Bertz CT molecular complexity index is 825. The lowest BCUT2D eigenvalue weighted by atomic mass is 10.2. The highest BCUT2D eigenvalue weighted by atomic mass is 35.5. The summed E-state index contributed by atoms with van der Waals surface area (Å²) in [4.78, 5) is 0. The van der Waals surface area contributed by atoms with E-state index in [2.05, 4.69) is 0 Å². The molecule has 0 spiro atoms. The third-order valence-corrected chi connectivity index (χ3v) is 4.88. The van der Waals surface area contributed by atoms with Crippen molar-refractivity contribution in [2.24, 2.45) is 0 Å². The van der Waals surface area contributed by atoms with E-state index in [9.17, 15) is 8.42 Å². The second-order valence-corrected chi connectivity index (χ2v) is 7.35. The van der Waals surface area contributed by atoms with Gasteiger partial charge in [-0.15, -0.1) is 0 Å². The van der Waals surface area contributed by atoms with Crippen LogP contribution in [0.1, 0.15) is 11.1 Å². The highest BCUT2D eigenvalue weighted by molar-refractivity contribution is 7.92. The average Bonchev–Trinajstić information content (AvgIpc) is 2.45. The molecule has 0 aromatic heterocycles. The zero-order valence-corrected chi connectivity index (χ0v) is 14.0. The summed E-state index contributed by atoms with van der Waals surface area (Å²) in [5, 5.41) is 9.74. The van der Waals surface area contributed by atoms with Gasteiger partial charge in [-0.1, -0.05) is 35.3 Å². The minimum atomic E-state index is -3.57. The van der Waals surface area contributed by atoms with Crippen molar-refractivity contribution < 1.29 is 8.42 Å². The van der Waals surface area contributed by atoms with Crippen LogP contribution in [-0.4, -0.2) is 14.7 Å². The molecule has 0 saturated carbocycles. The highest BCUT2D eigenvalue weighted by Crippen LogP contribution is 2.29. The van der Waals surface area contributed by atoms with E-state index in [1.165, 1.54) is 10.4 Å². The van der Waals surface area contributed by atoms with Gasteiger partial charge in [0.1, 0.15) is 0 Å². The number of sulfonamides is 1. The maximum atomic E-state index is 12.1. The van der Waals surface area contributed by atoms with Crippen molar-refractivity contribution >= 4 is 38.9 Å². The smallest absolute Gasteiger partial charge is 0.232 e. The van der Waals surface area contributed by atoms with Gasteiger partial charge in [-0.05, 0) is 30.3 Å². The molecule has 0 unspecified atom stereocenters. The molecule has 0 radical (unpaired) electrons. The number of rotatable bonds is 4. The summed E-state index contributed by atoms with van der Waals surface area (Å²) in [5.41, 5.74) is 1.27. The maximum Gasteiger partial charge on any atom is 0.232 e. The summed E-state index contributed by atoms with van der Waals surface area (Å²) in [6, 6.07) is 13.3. The van der Waals surface area contributed by atoms with Crippen molar-refractivity contribution in [1.29, 1.82) is 5.26 Å². The van der Waals surface area contributed by atoms with Crippen molar-refractivity contribution in [2.75, 3.05) is 10.6 Å². The molecule has 0 aliphatic carbocycles. The van der Waals surface area contributed by atoms with Gasteiger partial charge in [-0.25, -0.2) is 8.42 Å². The predicted molar refractivity (Wildman–Crippen MR) is 88.6 cm³/mol. The standard InChI is InChI=1S/C15H12Cl2N2O2S/c1-22(20,21)19(12-5-2-4-11(8-12)9-18)10-13-14(16)6-3-7-15(13)17/h2-8H,10H2,1H3. The topological polar surface area (TPSA) is 61.2 Å². The molecule has 0 amide bonds. The van der Waals surface area contributed by atoms with E-state index in [4.69, 9.17) is 28.5 Å². The van der Waals surface area contributed by atoms with E-state index in [1.807, 2.05) is 6.07 Å². The fourth-order valence-corrected chi connectivity index (χ4v) is 3.33. The van der Waals surface area contributed by atoms with Crippen molar-refractivity contribution in [3.05, 3.63) is 63.6 Å². The second-order valence-electron chi connectivity index (χ2n) is 4.63. The van der Waals surface area contributed by atoms with Gasteiger partial charge in [0, 0.05) is 15.6 Å². The van der Waals surface area contributed by atoms with E-state index in [0.29, 0.717) is 26.9 Å². The molecule has 0 bridgehead atoms. The zero-order chi connectivity index (χ0) is 16.3. The quantitative estimate of drug-likeness (QED) is 0.837. The van der Waals surface area contributed by atoms with E-state index >= 15 is 0 Å². The van der Waals surface area contributed by atoms with Crippen molar-refractivity contribution in [1.82, 2.24) is 0 Å². The number of benzene rings is 2. The Labute approximate surface area is 139 Å². The molecule has 114 valence electrons. The SMILES string of the molecule is CS(=O)(=O)N(Cc1c(Cl)cccc1Cl)c1cccc(C#N)c1. The fourth-order valence-electron chi connectivity index (χ4n) is 1.96. The lowest BCUT2D eigenvalue weighted by molar-refractivity contribution is 0.596. The first-order chi connectivity index (χ1) is 10.3. The molecular formula is C15H12Cl2N2O2S. The number of hydrogen-bond donors (Lipinski definition) is 0. The van der Waals surface area contributed by atoms with E-state index in [-0.39, 0.29) is 6.54 Å². The Kier molecular flexibility index (Phi) is 4.97. The van der Waals surface area contributed by atoms with Crippen LogP contribution < -0.4 is 4.31 Å². The second kappa shape index (κ2) is 6.57. The number of nitrogens with zero attached hydrogens (tertiary/aromatic N) is 2. The van der Waals surface area contributed by atoms with Gasteiger partial charge in [0.2, 0.25) is 10.0 Å². The van der Waals surface area contributed by atoms with Crippen molar-refractivity contribution in [3.63, 3.8) is 0 Å². The molecule has 0 atom stereocenters. The summed E-state index contributed by atoms with van der Waals surface area (Å²) in [6.45, 7) is -0.00772. The molecule has 0 saturated heterocycles. The van der Waals surface area contributed by atoms with E-state index in [0.717, 1.165) is 6.26 Å². The van der Waals surface area contributed by atoms with Gasteiger partial charge < -0.3 is 0 Å². The van der Waals surface area contributed by atoms with Gasteiger partial charge >= 0.3 is 0 Å². The Balaban J connectivity index is 2.51. The van der Waals surface area contributed by atoms with Crippen LogP contribution in [0.3, 0.4) is 0 Å². The van der Waals surface area contributed by atoms with E-state index in [1.54, 1.807) is 36.4 Å². The molecular weight excluding hydrogens is 343 g/mol. The lowest BCUT2D eigenvalue weighted by Crippen LogP contribution is -2.29. The summed E-state index contributed by atoms with van der Waals surface area (Å²) < 4.78 is 25.4. The number of nitriles is 1. The van der Waals surface area contributed by atoms with Gasteiger partial charge in [0.15, 0.2) is 0 Å². The summed E-state index contributed by atoms with van der Waals surface area (Å²) in [7, 11) is -3.57. The van der Waals surface area contributed by atoms with Gasteiger partial charge in [0.25, 0.3) is 0 Å². The highest BCUT2D eigenvalue weighted by Gasteiger charge is 2.20. The first-order valence-corrected chi connectivity index (χ1v) is 8.84. The minimum absolute atomic E-state index is 0.00772. The van der Waals surface area contributed by atoms with Crippen LogP contribution in [0.15, 0.2) is 42.5 Å². The molecule has 2 aromatic rings. The first kappa shape index (κ1) is 16.6. The van der Waals surface area contributed by atoms with Crippen molar-refractivity contribution in [3.8, 4) is 6.07 Å². The molecule has 22 heavy (non-hydrogen) atoms. The Morgan fingerprint density at radius 2 is 1.73 bits per heavy atom. The lowest BCUT2D eigenvalue weighted by Gasteiger charge is -2.23. The van der Waals surface area contributed by atoms with Gasteiger partial charge in [-0.3, -0.25) is 4.31 Å². The molecule has 2 rings (SSSR count). The first-order valence-electron chi connectivity index (χ1n) is 6.23. The Hall–Kier alpha value is -1.74. The number of halogens is 2. The molecule has 0 aliphatic heterocycles. The molecule has 0 N–H and O–H groups in total. The molecule has 4 nitrogen and oxygen atoms in total. The fraction of sp³-hybridized carbons (Fsp3) is 0.133. The van der Waals surface area contributed by atoms with Crippen LogP contribution in [0, 0.1) is 11.3 Å². The predicted octanol–water partition coefficient (Wildman–Crippen LogP) is 3.83. The van der Waals surface area contributed by atoms with Crippen LogP contribution in [0.25, 0.3) is 0 Å². The van der Waals surface area contributed by atoms with Gasteiger partial charge in [0.05, 0.1) is 30.1 Å². The minimum Gasteiger partial charge on any atom is -0.266 e. The van der Waals surface area contributed by atoms with Crippen LogP contribution in [0.5, 0.6) is 0 Å². The van der Waals surface area contributed by atoms with Crippen LogP contribution >= 0.6 is 23.2 Å². The number of anilines is 1. The summed E-state index contributed by atoms with van der Waals surface area (Å²) >= 11 is 12.2. The normalized spacial score (nSPS) is 11.0. The van der Waals surface area contributed by atoms with E-state index < -0.39 is 10.0 Å². The molecule has 0 fully saturated rings. The zero-order valence-electron chi connectivity index (χ0n) is 11.6. The average molecular weight is 355 g/mol. The monoisotopic (exact) mass is 354 g/mol. The molecule has 2 aromatic carbocycles. The third kappa shape index (κ3) is 3.72. The van der Waals surface area contributed by atoms with Crippen LogP contribution in [-0.2, 0) is 16.6 Å². The molecule has 0 heterocycles. The Morgan fingerprint density at radius 1 is 1.14 bits per heavy atom. The van der Waals surface area contributed by atoms with Gasteiger partial charge in [-0.2, -0.15) is 5.26 Å². The van der Waals surface area contributed by atoms with Crippen LogP contribution in [0.4, 0.5) is 5.69 Å². The molecule has 7 heteroatoms. The summed E-state index contributed by atoms with van der Waals surface area (Å²) in [5.74, 6) is 0. The molecule has 0 aliphatic rings. The van der Waals surface area contributed by atoms with Crippen molar-refractivity contribution in [2.45, 2.75) is 6.54 Å². The maximum absolute atomic E-state index is 12.1. The summed E-state index contributed by atoms with van der Waals surface area (Å²) in [6.07, 6.45) is 1.09.